The molecular weight excluding hydrogens is 177 g/mol. The van der Waals surface area contributed by atoms with Crippen LogP contribution in [0, 0.1) is 11.9 Å². The molecule has 1 aromatic rings. The topological polar surface area (TPSA) is 12.9 Å². The summed E-state index contributed by atoms with van der Waals surface area (Å²) in [5, 5.41) is 0. The van der Waals surface area contributed by atoms with Gasteiger partial charge in [0.25, 0.3) is 0 Å². The lowest BCUT2D eigenvalue weighted by Gasteiger charge is -2.46. The van der Waals surface area contributed by atoms with Gasteiger partial charge < -0.3 is 0 Å². The van der Waals surface area contributed by atoms with Gasteiger partial charge in [-0.1, -0.05) is 6.92 Å². The minimum Gasteiger partial charge on any atom is -0.228 e. The predicted molar refractivity (Wildman–Crippen MR) is 52.6 cm³/mol. The van der Waals surface area contributed by atoms with E-state index in [1.165, 1.54) is 30.4 Å². The minimum absolute atomic E-state index is 0.326. The Bertz CT molecular complexity index is 388. The van der Waals surface area contributed by atoms with Crippen molar-refractivity contribution in [2.75, 3.05) is 0 Å². The molecule has 1 fully saturated rings. The summed E-state index contributed by atoms with van der Waals surface area (Å²) in [6.45, 7) is 2.31. The molecule has 1 aromatic heterocycles. The van der Waals surface area contributed by atoms with Gasteiger partial charge >= 0.3 is 0 Å². The van der Waals surface area contributed by atoms with E-state index in [0.717, 1.165) is 12.3 Å². The molecule has 14 heavy (non-hydrogen) atoms. The van der Waals surface area contributed by atoms with E-state index in [-0.39, 0.29) is 5.95 Å². The van der Waals surface area contributed by atoms with Crippen molar-refractivity contribution in [1.82, 2.24) is 4.98 Å². The Kier molecular flexibility index (Phi) is 1.53. The van der Waals surface area contributed by atoms with Gasteiger partial charge in [0.1, 0.15) is 0 Å². The molecule has 1 saturated carbocycles. The van der Waals surface area contributed by atoms with Gasteiger partial charge in [0.15, 0.2) is 0 Å². The molecule has 0 aromatic carbocycles. The molecule has 0 radical (unpaired) electrons. The van der Waals surface area contributed by atoms with Gasteiger partial charge in [0.05, 0.1) is 0 Å². The van der Waals surface area contributed by atoms with Crippen LogP contribution >= 0.6 is 0 Å². The molecule has 74 valence electrons. The molecule has 0 aliphatic heterocycles. The number of rotatable bonds is 0. The molecule has 1 nitrogen and oxygen atoms in total. The van der Waals surface area contributed by atoms with Gasteiger partial charge in [-0.15, -0.1) is 0 Å². The molecule has 0 N–H and O–H groups in total. The van der Waals surface area contributed by atoms with E-state index in [4.69, 9.17) is 0 Å². The van der Waals surface area contributed by atoms with Crippen molar-refractivity contribution in [3.63, 3.8) is 0 Å². The van der Waals surface area contributed by atoms with Gasteiger partial charge in [-0.25, -0.2) is 4.98 Å². The Balaban J connectivity index is 2.11. The van der Waals surface area contributed by atoms with Crippen molar-refractivity contribution in [2.45, 2.75) is 38.0 Å². The van der Waals surface area contributed by atoms with Crippen LogP contribution < -0.4 is 0 Å². The molecule has 1 heterocycles. The SMILES string of the molecule is CC1CCC12CCc1cc(F)ncc12. The lowest BCUT2D eigenvalue weighted by atomic mass is 9.58. The van der Waals surface area contributed by atoms with E-state index in [1.807, 2.05) is 0 Å². The summed E-state index contributed by atoms with van der Waals surface area (Å²) < 4.78 is 12.9. The Morgan fingerprint density at radius 1 is 1.50 bits per heavy atom. The van der Waals surface area contributed by atoms with E-state index in [0.29, 0.717) is 5.41 Å². The maximum absolute atomic E-state index is 12.9. The maximum Gasteiger partial charge on any atom is 0.213 e. The third-order valence-electron chi connectivity index (χ3n) is 4.30. The third-order valence-corrected chi connectivity index (χ3v) is 4.30. The number of halogens is 1. The van der Waals surface area contributed by atoms with Crippen LogP contribution in [0.1, 0.15) is 37.3 Å². The van der Waals surface area contributed by atoms with Crippen LogP contribution in [0.5, 0.6) is 0 Å². The molecule has 0 bridgehead atoms. The lowest BCUT2D eigenvalue weighted by molar-refractivity contribution is 0.138. The van der Waals surface area contributed by atoms with E-state index < -0.39 is 0 Å². The van der Waals surface area contributed by atoms with Crippen LogP contribution in [0.4, 0.5) is 4.39 Å². The largest absolute Gasteiger partial charge is 0.228 e. The summed E-state index contributed by atoms with van der Waals surface area (Å²) in [5.74, 6) is 0.434. The molecule has 2 aliphatic carbocycles. The number of pyridine rings is 1. The Morgan fingerprint density at radius 3 is 3.00 bits per heavy atom. The number of nitrogens with zero attached hydrogens (tertiary/aromatic N) is 1. The molecule has 2 atom stereocenters. The van der Waals surface area contributed by atoms with Crippen molar-refractivity contribution in [3.05, 3.63) is 29.3 Å². The van der Waals surface area contributed by atoms with Crippen LogP contribution in [-0.4, -0.2) is 4.98 Å². The molecule has 2 aliphatic rings. The summed E-state index contributed by atoms with van der Waals surface area (Å²) in [6.07, 6.45) is 6.60. The zero-order valence-electron chi connectivity index (χ0n) is 8.39. The summed E-state index contributed by atoms with van der Waals surface area (Å²) in [6, 6.07) is 1.62. The summed E-state index contributed by atoms with van der Waals surface area (Å²) in [4.78, 5) is 3.80. The second-order valence-electron chi connectivity index (χ2n) is 4.76. The third kappa shape index (κ3) is 0.865. The smallest absolute Gasteiger partial charge is 0.213 e. The average Bonchev–Trinajstić information content (AvgIpc) is 2.56. The van der Waals surface area contributed by atoms with Crippen LogP contribution in [0.3, 0.4) is 0 Å². The fourth-order valence-electron chi connectivity index (χ4n) is 3.17. The number of aryl methyl sites for hydroxylation is 1. The first kappa shape index (κ1) is 8.39. The van der Waals surface area contributed by atoms with Gasteiger partial charge in [-0.3, -0.25) is 0 Å². The second kappa shape index (κ2) is 2.56. The zero-order valence-corrected chi connectivity index (χ0v) is 8.39. The predicted octanol–water partition coefficient (Wildman–Crippen LogP) is 2.83. The second-order valence-corrected chi connectivity index (χ2v) is 4.76. The quantitative estimate of drug-likeness (QED) is 0.575. The number of hydrogen-bond donors (Lipinski definition) is 0. The average molecular weight is 191 g/mol. The maximum atomic E-state index is 12.9. The van der Waals surface area contributed by atoms with Crippen molar-refractivity contribution >= 4 is 0 Å². The molecule has 2 heteroatoms. The first-order valence-electron chi connectivity index (χ1n) is 5.37. The summed E-state index contributed by atoms with van der Waals surface area (Å²) >= 11 is 0. The highest BCUT2D eigenvalue weighted by Crippen LogP contribution is 2.55. The van der Waals surface area contributed by atoms with Gasteiger partial charge in [0.2, 0.25) is 5.95 Å². The van der Waals surface area contributed by atoms with E-state index >= 15 is 0 Å². The molecule has 1 spiro atoms. The molecular formula is C12H14FN. The van der Waals surface area contributed by atoms with Crippen molar-refractivity contribution in [1.29, 1.82) is 0 Å². The first-order valence-corrected chi connectivity index (χ1v) is 5.37. The van der Waals surface area contributed by atoms with Gasteiger partial charge in [-0.2, -0.15) is 4.39 Å². The van der Waals surface area contributed by atoms with Crippen molar-refractivity contribution in [2.24, 2.45) is 5.92 Å². The summed E-state index contributed by atoms with van der Waals surface area (Å²) in [7, 11) is 0. The van der Waals surface area contributed by atoms with Crippen LogP contribution in [0.25, 0.3) is 0 Å². The monoisotopic (exact) mass is 191 g/mol. The Labute approximate surface area is 83.4 Å². The first-order chi connectivity index (χ1) is 6.72. The normalized spacial score (nSPS) is 34.3. The highest BCUT2D eigenvalue weighted by atomic mass is 19.1. The molecule has 3 rings (SSSR count). The Hall–Kier alpha value is -0.920. The molecule has 2 unspecified atom stereocenters. The number of hydrogen-bond acceptors (Lipinski definition) is 1. The van der Waals surface area contributed by atoms with E-state index in [2.05, 4.69) is 11.9 Å². The van der Waals surface area contributed by atoms with E-state index in [1.54, 1.807) is 12.3 Å². The van der Waals surface area contributed by atoms with Crippen molar-refractivity contribution in [3.8, 4) is 0 Å². The van der Waals surface area contributed by atoms with Crippen LogP contribution in [0.15, 0.2) is 12.3 Å². The molecule has 0 amide bonds. The fraction of sp³-hybridized carbons (Fsp3) is 0.583. The Morgan fingerprint density at radius 2 is 2.36 bits per heavy atom. The van der Waals surface area contributed by atoms with Crippen LogP contribution in [-0.2, 0) is 11.8 Å². The van der Waals surface area contributed by atoms with Crippen molar-refractivity contribution < 1.29 is 4.39 Å². The zero-order chi connectivity index (χ0) is 9.76. The van der Waals surface area contributed by atoms with Gasteiger partial charge in [0, 0.05) is 6.20 Å². The lowest BCUT2D eigenvalue weighted by Crippen LogP contribution is -2.40. The highest BCUT2D eigenvalue weighted by molar-refractivity contribution is 5.40. The number of fused-ring (bicyclic) bond motifs is 2. The number of aromatic nitrogens is 1. The van der Waals surface area contributed by atoms with Gasteiger partial charge in [-0.05, 0) is 54.2 Å². The standard InChI is InChI=1S/C12H14FN/c1-8-2-4-12(8)5-3-9-6-11(13)14-7-10(9)12/h6-8H,2-5H2,1H3. The highest BCUT2D eigenvalue weighted by Gasteiger charge is 2.49. The van der Waals surface area contributed by atoms with E-state index in [9.17, 15) is 4.39 Å². The summed E-state index contributed by atoms with van der Waals surface area (Å²) in [5.41, 5.74) is 2.90. The van der Waals surface area contributed by atoms with Crippen LogP contribution in [0.2, 0.25) is 0 Å². The minimum atomic E-state index is -0.326. The molecule has 0 saturated heterocycles. The fourth-order valence-corrected chi connectivity index (χ4v) is 3.17.